The van der Waals surface area contributed by atoms with Crippen molar-refractivity contribution in [2.75, 3.05) is 6.61 Å². The van der Waals surface area contributed by atoms with E-state index in [-0.39, 0.29) is 29.1 Å². The minimum Gasteiger partial charge on any atom is -0.465 e. The largest absolute Gasteiger partial charge is 0.508 e. The van der Waals surface area contributed by atoms with Crippen LogP contribution in [0.15, 0.2) is 30.3 Å². The number of aromatic nitrogens is 1. The van der Waals surface area contributed by atoms with Gasteiger partial charge in [-0.1, -0.05) is 0 Å². The lowest BCUT2D eigenvalue weighted by Crippen LogP contribution is -2.32. The fraction of sp³-hybridized carbons (Fsp3) is 0.316. The summed E-state index contributed by atoms with van der Waals surface area (Å²) >= 11 is -3.84. The average Bonchev–Trinajstić information content (AvgIpc) is 2.72. The molecule has 1 unspecified atom stereocenters. The number of non-ortho nitro benzene ring substituents is 1. The van der Waals surface area contributed by atoms with Gasteiger partial charge in [-0.15, -0.1) is 0 Å². The molecule has 0 aliphatic rings. The minimum absolute atomic E-state index is 0.0230. The summed E-state index contributed by atoms with van der Waals surface area (Å²) in [4.78, 5) is 26.5. The van der Waals surface area contributed by atoms with Crippen LogP contribution >= 0.6 is 0 Å². The molecular formula is C19H16F3N3O6S. The first-order valence-corrected chi connectivity index (χ1v) is 9.95. The van der Waals surface area contributed by atoms with E-state index < -0.39 is 44.3 Å². The van der Waals surface area contributed by atoms with Crippen LogP contribution in [0.2, 0.25) is 0 Å². The zero-order valence-electron chi connectivity index (χ0n) is 16.9. The van der Waals surface area contributed by atoms with Gasteiger partial charge in [0.2, 0.25) is 5.88 Å². The Morgan fingerprint density at radius 2 is 1.88 bits per heavy atom. The van der Waals surface area contributed by atoms with Crippen LogP contribution in [0, 0.1) is 21.4 Å². The van der Waals surface area contributed by atoms with E-state index in [1.54, 1.807) is 13.0 Å². The van der Waals surface area contributed by atoms with Crippen molar-refractivity contribution >= 4 is 22.7 Å². The van der Waals surface area contributed by atoms with Crippen LogP contribution in [0.4, 0.5) is 18.9 Å². The molecule has 0 radical (unpaired) electrons. The number of nitro benzene ring substituents is 1. The first kappa shape index (κ1) is 24.7. The Morgan fingerprint density at radius 1 is 1.28 bits per heavy atom. The number of nitriles is 1. The van der Waals surface area contributed by atoms with Gasteiger partial charge in [-0.2, -0.15) is 18.4 Å². The number of nitrogens with zero attached hydrogens (tertiary/aromatic N) is 3. The van der Waals surface area contributed by atoms with Crippen LogP contribution in [-0.2, 0) is 26.0 Å². The van der Waals surface area contributed by atoms with Gasteiger partial charge in [-0.05, 0) is 44.5 Å². The number of hydrogen-bond acceptors (Lipinski definition) is 8. The minimum atomic E-state index is -5.26. The monoisotopic (exact) mass is 471 g/mol. The molecule has 13 heteroatoms. The lowest BCUT2D eigenvalue weighted by Gasteiger charge is -2.23. The summed E-state index contributed by atoms with van der Waals surface area (Å²) < 4.78 is 59.4. The van der Waals surface area contributed by atoms with Gasteiger partial charge < -0.3 is 8.92 Å². The highest BCUT2D eigenvalue weighted by Crippen LogP contribution is 2.36. The molecule has 9 nitrogen and oxygen atoms in total. The molecule has 0 spiro atoms. The Labute approximate surface area is 182 Å². The number of esters is 1. The summed E-state index contributed by atoms with van der Waals surface area (Å²) in [6, 6.07) is 7.70. The summed E-state index contributed by atoms with van der Waals surface area (Å²) in [6.07, 6.45) is 0. The second kappa shape index (κ2) is 9.31. The molecule has 0 aliphatic carbocycles. The highest BCUT2D eigenvalue weighted by molar-refractivity contribution is 7.81. The molecule has 32 heavy (non-hydrogen) atoms. The number of nitro groups is 1. The van der Waals surface area contributed by atoms with Gasteiger partial charge in [0.25, 0.3) is 5.69 Å². The normalized spacial score (nSPS) is 12.5. The number of carbonyl (C=O) groups is 1. The summed E-state index contributed by atoms with van der Waals surface area (Å²) in [5.74, 6) is -1.67. The van der Waals surface area contributed by atoms with Crippen molar-refractivity contribution in [2.45, 2.75) is 31.7 Å². The first-order chi connectivity index (χ1) is 14.8. The molecule has 2 rings (SSSR count). The van der Waals surface area contributed by atoms with Crippen molar-refractivity contribution in [1.82, 2.24) is 4.98 Å². The molecule has 0 N–H and O–H groups in total. The van der Waals surface area contributed by atoms with E-state index in [2.05, 4.69) is 9.17 Å². The number of ether oxygens (including phenoxy) is 1. The van der Waals surface area contributed by atoms with Crippen molar-refractivity contribution < 1.29 is 36.0 Å². The topological polar surface area (TPSA) is 132 Å². The van der Waals surface area contributed by atoms with E-state index in [1.807, 2.05) is 0 Å². The third-order valence-electron chi connectivity index (χ3n) is 4.26. The van der Waals surface area contributed by atoms with Gasteiger partial charge in [0.15, 0.2) is 0 Å². The van der Waals surface area contributed by atoms with Crippen molar-refractivity contribution in [1.29, 1.82) is 5.26 Å². The van der Waals surface area contributed by atoms with Gasteiger partial charge in [0.1, 0.15) is 17.0 Å². The fourth-order valence-corrected chi connectivity index (χ4v) is 2.89. The maximum absolute atomic E-state index is 12.8. The molecule has 1 heterocycles. The maximum atomic E-state index is 12.8. The average molecular weight is 471 g/mol. The molecule has 2 aromatic rings. The molecule has 0 saturated carbocycles. The Bertz CT molecular complexity index is 1110. The Kier molecular flexibility index (Phi) is 7.20. The Morgan fingerprint density at radius 3 is 2.34 bits per heavy atom. The van der Waals surface area contributed by atoms with Crippen LogP contribution in [0.25, 0.3) is 11.1 Å². The van der Waals surface area contributed by atoms with E-state index in [0.29, 0.717) is 0 Å². The molecule has 0 bridgehead atoms. The standard InChI is InChI=1S/C19H16F3N3O6S/c1-4-30-17(26)18(2,3)15-9-13(11-5-7-12(8-6-11)25(27)28)14(10-23)16(24-15)31-32(29)19(20,21)22/h5-9H,4H2,1-3H3. The van der Waals surface area contributed by atoms with E-state index in [4.69, 9.17) is 4.74 Å². The first-order valence-electron chi connectivity index (χ1n) is 8.87. The van der Waals surface area contributed by atoms with Gasteiger partial charge in [-0.25, -0.2) is 9.19 Å². The zero-order valence-corrected chi connectivity index (χ0v) is 17.7. The SMILES string of the molecule is CCOC(=O)C(C)(C)c1cc(-c2ccc([N+](=O)[O-])cc2)c(C#N)c(OS(=O)C(F)(F)F)n1. The summed E-state index contributed by atoms with van der Waals surface area (Å²) in [7, 11) is 0. The molecule has 0 aliphatic heterocycles. The van der Waals surface area contributed by atoms with Crippen LogP contribution in [0.5, 0.6) is 5.88 Å². The molecule has 1 atom stereocenters. The van der Waals surface area contributed by atoms with Crippen molar-refractivity contribution in [3.05, 3.63) is 51.7 Å². The zero-order chi connectivity index (χ0) is 24.3. The Balaban J connectivity index is 2.76. The van der Waals surface area contributed by atoms with Crippen LogP contribution in [0.1, 0.15) is 32.0 Å². The summed E-state index contributed by atoms with van der Waals surface area (Å²) in [6.45, 7) is 4.37. The van der Waals surface area contributed by atoms with E-state index >= 15 is 0 Å². The summed E-state index contributed by atoms with van der Waals surface area (Å²) in [5.41, 5.74) is -7.47. The molecule has 0 saturated heterocycles. The second-order valence-corrected chi connectivity index (χ2v) is 7.86. The number of halogens is 3. The molecule has 0 amide bonds. The predicted molar refractivity (Wildman–Crippen MR) is 106 cm³/mol. The van der Waals surface area contributed by atoms with Gasteiger partial charge >= 0.3 is 22.6 Å². The molecule has 1 aromatic heterocycles. The predicted octanol–water partition coefficient (Wildman–Crippen LogP) is 3.93. The third-order valence-corrected chi connectivity index (χ3v) is 4.94. The quantitative estimate of drug-likeness (QED) is 0.337. The van der Waals surface area contributed by atoms with Crippen molar-refractivity contribution in [3.63, 3.8) is 0 Å². The second-order valence-electron chi connectivity index (χ2n) is 6.76. The summed E-state index contributed by atoms with van der Waals surface area (Å²) in [5, 5.41) is 20.5. The van der Waals surface area contributed by atoms with Crippen LogP contribution in [0.3, 0.4) is 0 Å². The molecular weight excluding hydrogens is 455 g/mol. The van der Waals surface area contributed by atoms with Crippen LogP contribution < -0.4 is 4.18 Å². The van der Waals surface area contributed by atoms with Gasteiger partial charge in [-0.3, -0.25) is 14.9 Å². The van der Waals surface area contributed by atoms with Gasteiger partial charge in [0.05, 0.1) is 17.2 Å². The van der Waals surface area contributed by atoms with Gasteiger partial charge in [0, 0.05) is 17.7 Å². The third kappa shape index (κ3) is 5.20. The highest BCUT2D eigenvalue weighted by Gasteiger charge is 2.42. The smallest absolute Gasteiger partial charge is 0.465 e. The molecule has 0 fully saturated rings. The number of pyridine rings is 1. The Hall–Kier alpha value is -3.53. The number of carbonyl (C=O) groups excluding carboxylic acids is 1. The number of alkyl halides is 3. The number of rotatable bonds is 7. The number of benzene rings is 1. The van der Waals surface area contributed by atoms with E-state index in [9.17, 15) is 37.6 Å². The van der Waals surface area contributed by atoms with Crippen molar-refractivity contribution in [3.8, 4) is 23.1 Å². The fourth-order valence-electron chi connectivity index (χ4n) is 2.54. The highest BCUT2D eigenvalue weighted by atomic mass is 32.2. The van der Waals surface area contributed by atoms with E-state index in [1.165, 1.54) is 32.0 Å². The molecule has 1 aromatic carbocycles. The van der Waals surface area contributed by atoms with Crippen LogP contribution in [-0.4, -0.2) is 32.2 Å². The lowest BCUT2D eigenvalue weighted by molar-refractivity contribution is -0.384. The number of hydrogen-bond donors (Lipinski definition) is 0. The van der Waals surface area contributed by atoms with E-state index in [0.717, 1.165) is 12.1 Å². The molecule has 170 valence electrons. The lowest BCUT2D eigenvalue weighted by atomic mass is 9.86. The van der Waals surface area contributed by atoms with Crippen molar-refractivity contribution in [2.24, 2.45) is 0 Å². The maximum Gasteiger partial charge on any atom is 0.508 e.